The first-order valence-electron chi connectivity index (χ1n) is 8.24. The summed E-state index contributed by atoms with van der Waals surface area (Å²) in [6.45, 7) is 3.21. The van der Waals surface area contributed by atoms with E-state index in [4.69, 9.17) is 17.0 Å². The molecule has 25 heavy (non-hydrogen) atoms. The Kier molecular flexibility index (Phi) is 5.69. The van der Waals surface area contributed by atoms with Gasteiger partial charge in [-0.1, -0.05) is 24.4 Å². The van der Waals surface area contributed by atoms with Gasteiger partial charge in [0.05, 0.1) is 23.4 Å². The van der Waals surface area contributed by atoms with E-state index in [0.29, 0.717) is 30.1 Å². The van der Waals surface area contributed by atoms with E-state index in [0.717, 1.165) is 5.56 Å². The molecule has 3 unspecified atom stereocenters. The molecule has 3 N–H and O–H groups in total. The van der Waals surface area contributed by atoms with Crippen molar-refractivity contribution in [1.29, 1.82) is 0 Å². The van der Waals surface area contributed by atoms with Crippen LogP contribution >= 0.6 is 12.2 Å². The molecule has 0 bridgehead atoms. The monoisotopic (exact) mass is 387 g/mol. The van der Waals surface area contributed by atoms with E-state index in [1.165, 1.54) is 6.07 Å². The fourth-order valence-corrected chi connectivity index (χ4v) is 4.40. The van der Waals surface area contributed by atoms with E-state index in [2.05, 4.69) is 15.4 Å². The molecular weight excluding hydrogens is 365 g/mol. The molecule has 0 saturated carbocycles. The van der Waals surface area contributed by atoms with Crippen LogP contribution in [0.3, 0.4) is 0 Å². The number of sulfonamides is 1. The second-order valence-corrected chi connectivity index (χ2v) is 8.93. The predicted octanol–water partition coefficient (Wildman–Crippen LogP) is 1.16. The first-order valence-corrected chi connectivity index (χ1v) is 10.3. The average Bonchev–Trinajstić information content (AvgIpc) is 3.02. The third kappa shape index (κ3) is 4.73. The first kappa shape index (κ1) is 18.7. The van der Waals surface area contributed by atoms with Crippen LogP contribution in [-0.4, -0.2) is 45.0 Å². The van der Waals surface area contributed by atoms with Crippen LogP contribution in [0.5, 0.6) is 0 Å². The van der Waals surface area contributed by atoms with Gasteiger partial charge in [-0.05, 0) is 30.5 Å². The molecule has 0 aliphatic carbocycles. The van der Waals surface area contributed by atoms with Gasteiger partial charge in [0, 0.05) is 19.0 Å². The molecule has 2 heterocycles. The van der Waals surface area contributed by atoms with Crippen LogP contribution in [0.15, 0.2) is 18.2 Å². The van der Waals surface area contributed by atoms with Gasteiger partial charge in [-0.15, -0.1) is 0 Å². The zero-order chi connectivity index (χ0) is 18.0. The summed E-state index contributed by atoms with van der Waals surface area (Å²) >= 11 is 4.97. The number of benzene rings is 1. The maximum Gasteiger partial charge on any atom is 0.211 e. The first-order chi connectivity index (χ1) is 11.8. The summed E-state index contributed by atoms with van der Waals surface area (Å²) in [5.41, 5.74) is 1.32. The van der Waals surface area contributed by atoms with Gasteiger partial charge in [-0.3, -0.25) is 5.32 Å². The van der Waals surface area contributed by atoms with Crippen molar-refractivity contribution in [2.45, 2.75) is 31.6 Å². The van der Waals surface area contributed by atoms with Gasteiger partial charge in [-0.25, -0.2) is 17.5 Å². The summed E-state index contributed by atoms with van der Waals surface area (Å²) in [7, 11) is -3.19. The third-order valence-electron chi connectivity index (χ3n) is 4.52. The molecule has 138 valence electrons. The van der Waals surface area contributed by atoms with Crippen molar-refractivity contribution >= 4 is 27.2 Å². The molecule has 0 spiro atoms. The van der Waals surface area contributed by atoms with Crippen LogP contribution < -0.4 is 15.4 Å². The molecule has 0 radical (unpaired) electrons. The number of thiocarbonyl (C=S) groups is 1. The smallest absolute Gasteiger partial charge is 0.211 e. The Morgan fingerprint density at radius 2 is 2.24 bits per heavy atom. The van der Waals surface area contributed by atoms with Crippen molar-refractivity contribution in [2.24, 2.45) is 0 Å². The van der Waals surface area contributed by atoms with Crippen LogP contribution in [0, 0.1) is 5.82 Å². The number of halogens is 1. The maximum atomic E-state index is 14.5. The molecule has 2 aliphatic heterocycles. The van der Waals surface area contributed by atoms with E-state index in [1.54, 1.807) is 13.0 Å². The van der Waals surface area contributed by atoms with Crippen molar-refractivity contribution in [1.82, 2.24) is 15.4 Å². The normalized spacial score (nSPS) is 28.6. The number of nitrogens with one attached hydrogen (secondary N) is 3. The van der Waals surface area contributed by atoms with E-state index >= 15 is 0 Å². The van der Waals surface area contributed by atoms with Crippen LogP contribution in [-0.2, 0) is 14.8 Å². The Morgan fingerprint density at radius 1 is 1.44 bits per heavy atom. The molecule has 1 aromatic rings. The van der Waals surface area contributed by atoms with Crippen molar-refractivity contribution in [3.63, 3.8) is 0 Å². The Labute approximate surface area is 152 Å². The number of hydrogen-bond donors (Lipinski definition) is 3. The molecule has 2 fully saturated rings. The highest BCUT2D eigenvalue weighted by molar-refractivity contribution is 7.89. The quantitative estimate of drug-likeness (QED) is 0.673. The van der Waals surface area contributed by atoms with Gasteiger partial charge in [0.15, 0.2) is 0 Å². The Bertz CT molecular complexity index is 743. The lowest BCUT2D eigenvalue weighted by Crippen LogP contribution is -2.37. The minimum Gasteiger partial charge on any atom is -0.376 e. The number of hydrogen-bond acceptors (Lipinski definition) is 5. The lowest BCUT2D eigenvalue weighted by Gasteiger charge is -2.24. The molecular formula is C16H22FN3O3S2. The topological polar surface area (TPSA) is 79.5 Å². The van der Waals surface area contributed by atoms with Gasteiger partial charge >= 0.3 is 0 Å². The molecule has 0 aromatic heterocycles. The summed E-state index contributed by atoms with van der Waals surface area (Å²) in [6.07, 6.45) is 0.0432. The molecule has 3 atom stereocenters. The molecule has 0 amide bonds. The van der Waals surface area contributed by atoms with E-state index in [-0.39, 0.29) is 36.4 Å². The maximum absolute atomic E-state index is 14.5. The zero-order valence-electron chi connectivity index (χ0n) is 13.9. The summed E-state index contributed by atoms with van der Waals surface area (Å²) in [5.74, 6) is -0.422. The van der Waals surface area contributed by atoms with E-state index in [9.17, 15) is 12.8 Å². The van der Waals surface area contributed by atoms with Crippen molar-refractivity contribution in [3.05, 3.63) is 35.1 Å². The fourth-order valence-electron chi connectivity index (χ4n) is 3.13. The second kappa shape index (κ2) is 7.63. The van der Waals surface area contributed by atoms with Gasteiger partial charge in [0.1, 0.15) is 12.0 Å². The molecule has 1 aromatic carbocycles. The van der Waals surface area contributed by atoms with Crippen LogP contribution in [0.2, 0.25) is 0 Å². The van der Waals surface area contributed by atoms with Crippen LogP contribution in [0.1, 0.15) is 36.5 Å². The minimum absolute atomic E-state index is 0.0302. The average molecular weight is 388 g/mol. The second-order valence-electron chi connectivity index (χ2n) is 6.39. The van der Waals surface area contributed by atoms with E-state index < -0.39 is 10.0 Å². The van der Waals surface area contributed by atoms with E-state index in [1.807, 2.05) is 6.07 Å². The van der Waals surface area contributed by atoms with Crippen LogP contribution in [0.25, 0.3) is 0 Å². The molecule has 9 heteroatoms. The van der Waals surface area contributed by atoms with Gasteiger partial charge in [-0.2, -0.15) is 0 Å². The van der Waals surface area contributed by atoms with Gasteiger partial charge in [0.2, 0.25) is 10.0 Å². The minimum atomic E-state index is -3.19. The largest absolute Gasteiger partial charge is 0.376 e. The molecule has 2 saturated heterocycles. The van der Waals surface area contributed by atoms with Crippen LogP contribution in [0.4, 0.5) is 4.39 Å². The Hall–Kier alpha value is -1.13. The Balaban J connectivity index is 1.63. The van der Waals surface area contributed by atoms with Gasteiger partial charge in [0.25, 0.3) is 0 Å². The number of rotatable bonds is 4. The van der Waals surface area contributed by atoms with Crippen molar-refractivity contribution in [2.75, 3.05) is 25.4 Å². The summed E-state index contributed by atoms with van der Waals surface area (Å²) in [4.78, 5) is 0.701. The Morgan fingerprint density at radius 3 is 2.88 bits per heavy atom. The highest BCUT2D eigenvalue weighted by Gasteiger charge is 2.29. The highest BCUT2D eigenvalue weighted by atomic mass is 32.2. The zero-order valence-corrected chi connectivity index (χ0v) is 15.6. The summed E-state index contributed by atoms with van der Waals surface area (Å²) in [6, 6.07) is 5.09. The lowest BCUT2D eigenvalue weighted by molar-refractivity contribution is 0.0441. The predicted molar refractivity (Wildman–Crippen MR) is 97.4 cm³/mol. The third-order valence-corrected chi connectivity index (χ3v) is 6.04. The van der Waals surface area contributed by atoms with Crippen molar-refractivity contribution in [3.8, 4) is 0 Å². The SMILES string of the molecule is CC(=S)NCC1NCC(c2ccc(C3CCS(=O)(=O)NC3)c(F)c2)O1. The lowest BCUT2D eigenvalue weighted by atomic mass is 9.94. The standard InChI is InChI=1S/C16H22FN3O3S2/c1-10(24)18-9-16-19-8-15(23-16)11-2-3-13(14(17)6-11)12-4-5-25(21,22)20-7-12/h2-3,6,12,15-16,19-20H,4-5,7-9H2,1H3,(H,18,24). The molecule has 3 rings (SSSR count). The summed E-state index contributed by atoms with van der Waals surface area (Å²) < 4.78 is 45.8. The molecule has 2 aliphatic rings. The summed E-state index contributed by atoms with van der Waals surface area (Å²) in [5, 5.41) is 6.27. The molecule has 6 nitrogen and oxygen atoms in total. The fraction of sp³-hybridized carbons (Fsp3) is 0.562. The number of ether oxygens (including phenoxy) is 1. The van der Waals surface area contributed by atoms with Gasteiger partial charge < -0.3 is 10.1 Å². The van der Waals surface area contributed by atoms with Crippen molar-refractivity contribution < 1.29 is 17.5 Å². The highest BCUT2D eigenvalue weighted by Crippen LogP contribution is 2.29.